The lowest BCUT2D eigenvalue weighted by Crippen LogP contribution is -2.35. The molecule has 0 spiro atoms. The molecule has 0 heteroatoms. The molecule has 0 amide bonds. The molecule has 4 saturated carbocycles. The molecule has 6 unspecified atom stereocenters. The van der Waals surface area contributed by atoms with Crippen molar-refractivity contribution in [3.05, 3.63) is 0 Å². The molecule has 0 radical (unpaired) electrons. The van der Waals surface area contributed by atoms with Gasteiger partial charge in [0.1, 0.15) is 0 Å². The monoisotopic (exact) mass is 274 g/mol. The molecule has 20 heavy (non-hydrogen) atoms. The molecule has 0 aliphatic heterocycles. The van der Waals surface area contributed by atoms with Gasteiger partial charge in [0.15, 0.2) is 0 Å². The Morgan fingerprint density at radius 3 is 1.05 bits per heavy atom. The first-order valence-corrected chi connectivity index (χ1v) is 9.90. The van der Waals surface area contributed by atoms with Crippen LogP contribution in [0.3, 0.4) is 0 Å². The van der Waals surface area contributed by atoms with Crippen LogP contribution < -0.4 is 0 Å². The van der Waals surface area contributed by atoms with Crippen molar-refractivity contribution in [1.82, 2.24) is 0 Å². The molecule has 4 rings (SSSR count). The van der Waals surface area contributed by atoms with Crippen LogP contribution >= 0.6 is 0 Å². The van der Waals surface area contributed by atoms with Crippen LogP contribution in [0.1, 0.15) is 89.9 Å². The quantitative estimate of drug-likeness (QED) is 0.534. The van der Waals surface area contributed by atoms with E-state index in [4.69, 9.17) is 0 Å². The van der Waals surface area contributed by atoms with E-state index < -0.39 is 0 Å². The lowest BCUT2D eigenvalue weighted by Gasteiger charge is -2.46. The number of rotatable bonds is 1. The third kappa shape index (κ3) is 2.69. The van der Waals surface area contributed by atoms with Crippen LogP contribution in [0, 0.1) is 35.5 Å². The summed E-state index contributed by atoms with van der Waals surface area (Å²) in [5.41, 5.74) is 0. The highest BCUT2D eigenvalue weighted by Gasteiger charge is 2.39. The van der Waals surface area contributed by atoms with Crippen LogP contribution in [0.5, 0.6) is 0 Å². The number of fused-ring (bicyclic) bond motifs is 2. The Kier molecular flexibility index (Phi) is 4.10. The van der Waals surface area contributed by atoms with E-state index in [1.807, 2.05) is 0 Å². The molecule has 0 aromatic carbocycles. The SMILES string of the molecule is C1CCC2CC(C3CCC4CCCCC4C3)CCC2C1. The molecule has 0 heterocycles. The molecule has 4 aliphatic rings. The van der Waals surface area contributed by atoms with Gasteiger partial charge in [0.2, 0.25) is 0 Å². The first kappa shape index (κ1) is 13.6. The molecule has 0 N–H and O–H groups in total. The molecule has 0 bridgehead atoms. The van der Waals surface area contributed by atoms with E-state index in [2.05, 4.69) is 0 Å². The van der Waals surface area contributed by atoms with Crippen molar-refractivity contribution in [2.45, 2.75) is 89.9 Å². The van der Waals surface area contributed by atoms with E-state index in [1.165, 1.54) is 0 Å². The van der Waals surface area contributed by atoms with Crippen molar-refractivity contribution < 1.29 is 0 Å². The predicted molar refractivity (Wildman–Crippen MR) is 85.6 cm³/mol. The Bertz CT molecular complexity index is 288. The summed E-state index contributed by atoms with van der Waals surface area (Å²) in [5.74, 6) is 6.85. The lowest BCUT2D eigenvalue weighted by atomic mass is 9.59. The number of hydrogen-bond acceptors (Lipinski definition) is 0. The maximum absolute atomic E-state index is 1.63. The Morgan fingerprint density at radius 1 is 0.300 bits per heavy atom. The van der Waals surface area contributed by atoms with Gasteiger partial charge < -0.3 is 0 Å². The van der Waals surface area contributed by atoms with Crippen LogP contribution in [0.4, 0.5) is 0 Å². The Hall–Kier alpha value is 0. The minimum atomic E-state index is 1.14. The molecule has 4 fully saturated rings. The highest BCUT2D eigenvalue weighted by molar-refractivity contribution is 4.90. The van der Waals surface area contributed by atoms with Crippen molar-refractivity contribution in [2.75, 3.05) is 0 Å². The first-order valence-electron chi connectivity index (χ1n) is 9.90. The van der Waals surface area contributed by atoms with E-state index in [1.54, 1.807) is 89.9 Å². The van der Waals surface area contributed by atoms with Crippen molar-refractivity contribution in [2.24, 2.45) is 35.5 Å². The summed E-state index contributed by atoms with van der Waals surface area (Å²) in [7, 11) is 0. The first-order chi connectivity index (χ1) is 9.90. The number of hydrogen-bond donors (Lipinski definition) is 0. The van der Waals surface area contributed by atoms with Gasteiger partial charge in [0.25, 0.3) is 0 Å². The summed E-state index contributed by atoms with van der Waals surface area (Å²) in [6, 6.07) is 0. The van der Waals surface area contributed by atoms with Crippen LogP contribution in [0.2, 0.25) is 0 Å². The summed E-state index contributed by atoms with van der Waals surface area (Å²) in [6.07, 6.45) is 22.1. The van der Waals surface area contributed by atoms with E-state index in [0.717, 1.165) is 35.5 Å². The van der Waals surface area contributed by atoms with Gasteiger partial charge in [-0.2, -0.15) is 0 Å². The van der Waals surface area contributed by atoms with Gasteiger partial charge in [-0.15, -0.1) is 0 Å². The van der Waals surface area contributed by atoms with Crippen molar-refractivity contribution in [1.29, 1.82) is 0 Å². The molecule has 0 aromatic heterocycles. The van der Waals surface area contributed by atoms with Crippen LogP contribution in [0.15, 0.2) is 0 Å². The standard InChI is InChI=1S/C20H34/c1-3-7-17-13-19(11-9-15(17)5-1)20-12-10-16-6-2-4-8-18(16)14-20/h15-20H,1-14H2. The summed E-state index contributed by atoms with van der Waals surface area (Å²) in [4.78, 5) is 0. The van der Waals surface area contributed by atoms with Crippen LogP contribution in [0.25, 0.3) is 0 Å². The van der Waals surface area contributed by atoms with Gasteiger partial charge in [-0.05, 0) is 74.0 Å². The van der Waals surface area contributed by atoms with Crippen LogP contribution in [-0.4, -0.2) is 0 Å². The maximum Gasteiger partial charge on any atom is -0.0383 e. The normalized spacial score (nSPS) is 49.2. The summed E-state index contributed by atoms with van der Waals surface area (Å²) in [5, 5.41) is 0. The predicted octanol–water partition coefficient (Wildman–Crippen LogP) is 6.20. The zero-order valence-corrected chi connectivity index (χ0v) is 13.4. The fraction of sp³-hybridized carbons (Fsp3) is 1.00. The third-order valence-electron chi connectivity index (χ3n) is 7.83. The fourth-order valence-corrected chi connectivity index (χ4v) is 6.68. The second kappa shape index (κ2) is 6.01. The second-order valence-corrected chi connectivity index (χ2v) is 8.76. The highest BCUT2D eigenvalue weighted by atomic mass is 14.4. The molecule has 0 saturated heterocycles. The lowest BCUT2D eigenvalue weighted by molar-refractivity contribution is 0.0472. The van der Waals surface area contributed by atoms with Gasteiger partial charge in [0.05, 0.1) is 0 Å². The summed E-state index contributed by atoms with van der Waals surface area (Å²) >= 11 is 0. The van der Waals surface area contributed by atoms with Crippen molar-refractivity contribution in [3.8, 4) is 0 Å². The molecule has 4 aliphatic carbocycles. The summed E-state index contributed by atoms with van der Waals surface area (Å²) < 4.78 is 0. The van der Waals surface area contributed by atoms with Crippen LogP contribution in [-0.2, 0) is 0 Å². The molecule has 0 nitrogen and oxygen atoms in total. The second-order valence-electron chi connectivity index (χ2n) is 8.76. The maximum atomic E-state index is 1.63. The minimum Gasteiger partial charge on any atom is -0.0530 e. The molecule has 0 aromatic rings. The minimum absolute atomic E-state index is 1.14. The van der Waals surface area contributed by atoms with E-state index >= 15 is 0 Å². The Labute approximate surface area is 126 Å². The molecular formula is C20H34. The van der Waals surface area contributed by atoms with E-state index in [0.29, 0.717) is 0 Å². The van der Waals surface area contributed by atoms with Gasteiger partial charge in [-0.1, -0.05) is 51.4 Å². The zero-order valence-electron chi connectivity index (χ0n) is 13.4. The van der Waals surface area contributed by atoms with Gasteiger partial charge in [-0.25, -0.2) is 0 Å². The Morgan fingerprint density at radius 2 is 0.600 bits per heavy atom. The largest absolute Gasteiger partial charge is 0.0530 e. The molecule has 114 valence electrons. The Balaban J connectivity index is 1.36. The average Bonchev–Trinajstić information content (AvgIpc) is 2.54. The zero-order chi connectivity index (χ0) is 13.4. The molecule has 6 atom stereocenters. The molecular weight excluding hydrogens is 240 g/mol. The van der Waals surface area contributed by atoms with Gasteiger partial charge >= 0.3 is 0 Å². The van der Waals surface area contributed by atoms with E-state index in [9.17, 15) is 0 Å². The van der Waals surface area contributed by atoms with Gasteiger partial charge in [0, 0.05) is 0 Å². The topological polar surface area (TPSA) is 0 Å². The highest BCUT2D eigenvalue weighted by Crippen LogP contribution is 2.50. The van der Waals surface area contributed by atoms with E-state index in [-0.39, 0.29) is 0 Å². The van der Waals surface area contributed by atoms with Crippen molar-refractivity contribution >= 4 is 0 Å². The summed E-state index contributed by atoms with van der Waals surface area (Å²) in [6.45, 7) is 0. The van der Waals surface area contributed by atoms with Crippen molar-refractivity contribution in [3.63, 3.8) is 0 Å². The fourth-order valence-electron chi connectivity index (χ4n) is 6.68. The third-order valence-corrected chi connectivity index (χ3v) is 7.83. The smallest absolute Gasteiger partial charge is 0.0383 e. The van der Waals surface area contributed by atoms with Gasteiger partial charge in [-0.3, -0.25) is 0 Å². The average molecular weight is 274 g/mol.